The molecule has 0 amide bonds. The lowest BCUT2D eigenvalue weighted by Gasteiger charge is -2.10. The van der Waals surface area contributed by atoms with Crippen LogP contribution in [0.4, 0.5) is 11.5 Å². The first kappa shape index (κ1) is 14.8. The molecule has 0 bridgehead atoms. The maximum atomic E-state index is 5.46. The van der Waals surface area contributed by atoms with E-state index in [1.807, 2.05) is 30.3 Å². The summed E-state index contributed by atoms with van der Waals surface area (Å²) in [7, 11) is 0. The number of anilines is 2. The molecule has 24 heavy (non-hydrogen) atoms. The van der Waals surface area contributed by atoms with Crippen LogP contribution in [0.3, 0.4) is 0 Å². The van der Waals surface area contributed by atoms with E-state index in [1.165, 1.54) is 0 Å². The fraction of sp³-hybridized carbons (Fsp3) is 0.167. The molecule has 0 aliphatic heterocycles. The van der Waals surface area contributed by atoms with E-state index >= 15 is 0 Å². The number of aromatic nitrogens is 4. The smallest absolute Gasteiger partial charge is 0.178 e. The zero-order chi connectivity index (χ0) is 16.7. The van der Waals surface area contributed by atoms with Crippen molar-refractivity contribution in [1.29, 1.82) is 0 Å². The molecule has 0 unspecified atom stereocenters. The van der Waals surface area contributed by atoms with Crippen molar-refractivity contribution in [3.63, 3.8) is 0 Å². The molecular formula is C18H17N5S. The van der Waals surface area contributed by atoms with Crippen molar-refractivity contribution in [3.05, 3.63) is 53.6 Å². The molecule has 0 aliphatic rings. The van der Waals surface area contributed by atoms with Gasteiger partial charge >= 0.3 is 0 Å². The van der Waals surface area contributed by atoms with Crippen LogP contribution in [0.15, 0.2) is 48.8 Å². The minimum absolute atomic E-state index is 0.285. The highest BCUT2D eigenvalue weighted by Gasteiger charge is 2.12. The summed E-state index contributed by atoms with van der Waals surface area (Å²) >= 11 is 5.46. The molecule has 6 heteroatoms. The van der Waals surface area contributed by atoms with Crippen molar-refractivity contribution in [2.24, 2.45) is 0 Å². The minimum atomic E-state index is 0.285. The Morgan fingerprint density at radius 1 is 1.12 bits per heavy atom. The van der Waals surface area contributed by atoms with Crippen LogP contribution in [0.2, 0.25) is 0 Å². The highest BCUT2D eigenvalue weighted by atomic mass is 32.1. The van der Waals surface area contributed by atoms with Crippen molar-refractivity contribution in [3.8, 4) is 0 Å². The van der Waals surface area contributed by atoms with Gasteiger partial charge < -0.3 is 14.9 Å². The second-order valence-corrected chi connectivity index (χ2v) is 6.38. The third-order valence-electron chi connectivity index (χ3n) is 4.03. The van der Waals surface area contributed by atoms with Gasteiger partial charge in [-0.15, -0.1) is 0 Å². The van der Waals surface area contributed by atoms with Gasteiger partial charge in [-0.05, 0) is 50.3 Å². The molecule has 0 atom stereocenters. The number of aromatic amines is 1. The van der Waals surface area contributed by atoms with Crippen molar-refractivity contribution < 1.29 is 0 Å². The highest BCUT2D eigenvalue weighted by molar-refractivity contribution is 7.71. The Hall–Kier alpha value is -2.73. The maximum absolute atomic E-state index is 5.46. The van der Waals surface area contributed by atoms with E-state index in [1.54, 1.807) is 6.33 Å². The molecule has 2 heterocycles. The van der Waals surface area contributed by atoms with Crippen LogP contribution in [0.1, 0.15) is 19.9 Å². The number of para-hydroxylation sites is 1. The zero-order valence-corrected chi connectivity index (χ0v) is 14.3. The molecule has 0 spiro atoms. The van der Waals surface area contributed by atoms with E-state index in [4.69, 9.17) is 12.2 Å². The summed E-state index contributed by atoms with van der Waals surface area (Å²) in [6, 6.07) is 14.4. The molecule has 0 radical (unpaired) electrons. The van der Waals surface area contributed by atoms with Crippen molar-refractivity contribution in [1.82, 2.24) is 19.5 Å². The van der Waals surface area contributed by atoms with Gasteiger partial charge in [0, 0.05) is 17.1 Å². The first-order valence-electron chi connectivity index (χ1n) is 7.84. The second-order valence-electron chi connectivity index (χ2n) is 5.99. The Labute approximate surface area is 144 Å². The third-order valence-corrected chi connectivity index (χ3v) is 4.32. The molecule has 4 rings (SSSR count). The molecule has 4 aromatic rings. The average molecular weight is 335 g/mol. The van der Waals surface area contributed by atoms with Crippen molar-refractivity contribution in [2.75, 3.05) is 5.32 Å². The van der Waals surface area contributed by atoms with E-state index in [2.05, 4.69) is 50.8 Å². The topological polar surface area (TPSA) is 58.5 Å². The molecule has 0 aliphatic carbocycles. The quantitative estimate of drug-likeness (QED) is 0.519. The molecule has 5 nitrogen and oxygen atoms in total. The van der Waals surface area contributed by atoms with Gasteiger partial charge in [-0.25, -0.2) is 9.97 Å². The summed E-state index contributed by atoms with van der Waals surface area (Å²) in [5.74, 6) is 0.782. The Bertz CT molecular complexity index is 1080. The number of rotatable bonds is 3. The summed E-state index contributed by atoms with van der Waals surface area (Å²) in [6.07, 6.45) is 1.58. The third kappa shape index (κ3) is 2.45. The Morgan fingerprint density at radius 2 is 1.92 bits per heavy atom. The van der Waals surface area contributed by atoms with E-state index < -0.39 is 0 Å². The van der Waals surface area contributed by atoms with Crippen LogP contribution in [0, 0.1) is 4.77 Å². The van der Waals surface area contributed by atoms with Crippen molar-refractivity contribution >= 4 is 45.7 Å². The van der Waals surface area contributed by atoms with E-state index in [9.17, 15) is 0 Å². The number of nitrogens with zero attached hydrogens (tertiary/aromatic N) is 3. The standard InChI is InChI=1S/C18H17N5S/c1-11(2)23-16-9-14-13(8-15(16)22-18(23)24)17(20-10-19-14)21-12-6-4-3-5-7-12/h3-11H,1-2H3,(H,22,24)(H,19,20,21). The molecular weight excluding hydrogens is 318 g/mol. The summed E-state index contributed by atoms with van der Waals surface area (Å²) in [4.78, 5) is 12.1. The van der Waals surface area contributed by atoms with Crippen LogP contribution in [0.25, 0.3) is 21.9 Å². The Kier molecular flexibility index (Phi) is 3.54. The van der Waals surface area contributed by atoms with Gasteiger partial charge in [-0.1, -0.05) is 18.2 Å². The lowest BCUT2D eigenvalue weighted by molar-refractivity contribution is 0.610. The lowest BCUT2D eigenvalue weighted by Crippen LogP contribution is -2.00. The number of fused-ring (bicyclic) bond motifs is 2. The van der Waals surface area contributed by atoms with Crippen molar-refractivity contribution in [2.45, 2.75) is 19.9 Å². The molecule has 0 saturated carbocycles. The van der Waals surface area contributed by atoms with Gasteiger partial charge in [0.15, 0.2) is 4.77 Å². The van der Waals surface area contributed by atoms with Gasteiger partial charge in [0.2, 0.25) is 0 Å². The predicted molar refractivity (Wildman–Crippen MR) is 100 cm³/mol. The fourth-order valence-electron chi connectivity index (χ4n) is 2.95. The van der Waals surface area contributed by atoms with Gasteiger partial charge in [-0.2, -0.15) is 0 Å². The largest absolute Gasteiger partial charge is 0.340 e. The van der Waals surface area contributed by atoms with Crippen LogP contribution in [0.5, 0.6) is 0 Å². The van der Waals surface area contributed by atoms with Gasteiger partial charge in [0.25, 0.3) is 0 Å². The van der Waals surface area contributed by atoms with Crippen LogP contribution >= 0.6 is 12.2 Å². The van der Waals surface area contributed by atoms with E-state index in [-0.39, 0.29) is 6.04 Å². The zero-order valence-electron chi connectivity index (χ0n) is 13.4. The molecule has 120 valence electrons. The predicted octanol–water partition coefficient (Wildman–Crippen LogP) is 4.97. The van der Waals surface area contributed by atoms with E-state index in [0.717, 1.165) is 38.2 Å². The average Bonchev–Trinajstić information content (AvgIpc) is 2.89. The second kappa shape index (κ2) is 5.72. The number of imidazole rings is 1. The Morgan fingerprint density at radius 3 is 2.67 bits per heavy atom. The SMILES string of the molecule is CC(C)n1c(=S)[nH]c2cc3c(Nc4ccccc4)ncnc3cc21. The number of H-pyrrole nitrogens is 1. The summed E-state index contributed by atoms with van der Waals surface area (Å²) in [5.41, 5.74) is 3.93. The van der Waals surface area contributed by atoms with Gasteiger partial charge in [0.05, 0.1) is 16.6 Å². The monoisotopic (exact) mass is 335 g/mol. The number of nitrogens with one attached hydrogen (secondary N) is 2. The molecule has 2 aromatic heterocycles. The molecule has 0 fully saturated rings. The highest BCUT2D eigenvalue weighted by Crippen LogP contribution is 2.28. The number of hydrogen-bond donors (Lipinski definition) is 2. The lowest BCUT2D eigenvalue weighted by atomic mass is 10.2. The van der Waals surface area contributed by atoms with Crippen LogP contribution in [-0.2, 0) is 0 Å². The first-order valence-corrected chi connectivity index (χ1v) is 8.25. The summed E-state index contributed by atoms with van der Waals surface area (Å²) in [5, 5.41) is 4.32. The van der Waals surface area contributed by atoms with Crippen LogP contribution < -0.4 is 5.32 Å². The van der Waals surface area contributed by atoms with Gasteiger partial charge in [0.1, 0.15) is 12.1 Å². The number of hydrogen-bond acceptors (Lipinski definition) is 4. The molecule has 0 saturated heterocycles. The van der Waals surface area contributed by atoms with Gasteiger partial charge in [-0.3, -0.25) is 0 Å². The molecule has 2 N–H and O–H groups in total. The molecule has 2 aromatic carbocycles. The van der Waals surface area contributed by atoms with Crippen LogP contribution in [-0.4, -0.2) is 19.5 Å². The minimum Gasteiger partial charge on any atom is -0.340 e. The summed E-state index contributed by atoms with van der Waals surface area (Å²) < 4.78 is 2.83. The normalized spacial score (nSPS) is 11.5. The fourth-order valence-corrected chi connectivity index (χ4v) is 3.37. The first-order chi connectivity index (χ1) is 11.6. The van der Waals surface area contributed by atoms with E-state index in [0.29, 0.717) is 0 Å². The number of benzene rings is 2. The Balaban J connectivity index is 1.93. The summed E-state index contributed by atoms with van der Waals surface area (Å²) in [6.45, 7) is 4.24. The maximum Gasteiger partial charge on any atom is 0.178 e.